The fourth-order valence-electron chi connectivity index (χ4n) is 2.19. The number of nitrogen functional groups attached to an aromatic ring is 1. The van der Waals surface area contributed by atoms with Crippen molar-refractivity contribution in [1.82, 2.24) is 14.7 Å². The van der Waals surface area contributed by atoms with E-state index in [1.54, 1.807) is 12.4 Å². The standard InChI is InChI=1S/C16H24N4OS/c1-10-8-12(11(2)20-22(21)16(3,4)5)14(17)13(9-10)15-18-6-7-19-15/h6-9,11,20H,17H2,1-5H3,(H,18,19)/t11-,22?/m1/s1. The van der Waals surface area contributed by atoms with E-state index in [1.807, 2.05) is 46.8 Å². The molecule has 2 rings (SSSR count). The van der Waals surface area contributed by atoms with Crippen molar-refractivity contribution in [2.45, 2.75) is 45.4 Å². The van der Waals surface area contributed by atoms with Crippen molar-refractivity contribution in [3.05, 3.63) is 35.7 Å². The molecule has 2 aromatic rings. The minimum atomic E-state index is -1.16. The van der Waals surface area contributed by atoms with Crippen LogP contribution in [-0.4, -0.2) is 19.3 Å². The number of rotatable bonds is 4. The van der Waals surface area contributed by atoms with Gasteiger partial charge >= 0.3 is 0 Å². The smallest absolute Gasteiger partial charge is 0.139 e. The van der Waals surface area contributed by atoms with Crippen LogP contribution in [0.25, 0.3) is 11.4 Å². The monoisotopic (exact) mass is 320 g/mol. The third-order valence-corrected chi connectivity index (χ3v) is 5.10. The van der Waals surface area contributed by atoms with E-state index in [0.717, 1.165) is 22.5 Å². The summed E-state index contributed by atoms with van der Waals surface area (Å²) in [6.07, 6.45) is 3.47. The fraction of sp³-hybridized carbons (Fsp3) is 0.438. The summed E-state index contributed by atoms with van der Waals surface area (Å²) in [5.74, 6) is 0.742. The average molecular weight is 320 g/mol. The van der Waals surface area contributed by atoms with E-state index in [-0.39, 0.29) is 10.8 Å². The number of nitrogens with zero attached hydrogens (tertiary/aromatic N) is 1. The molecule has 0 saturated carbocycles. The molecule has 120 valence electrons. The molecule has 0 amide bonds. The van der Waals surface area contributed by atoms with Gasteiger partial charge in [-0.3, -0.25) is 0 Å². The van der Waals surface area contributed by atoms with Crippen molar-refractivity contribution in [2.24, 2.45) is 0 Å². The highest BCUT2D eigenvalue weighted by molar-refractivity contribution is 7.90. The van der Waals surface area contributed by atoms with Crippen molar-refractivity contribution in [3.8, 4) is 11.4 Å². The Morgan fingerprint density at radius 1 is 1.36 bits per heavy atom. The molecule has 1 aromatic carbocycles. The highest BCUT2D eigenvalue weighted by atomic mass is 32.2. The molecule has 22 heavy (non-hydrogen) atoms. The summed E-state index contributed by atoms with van der Waals surface area (Å²) >= 11 is -1.16. The summed E-state index contributed by atoms with van der Waals surface area (Å²) in [5.41, 5.74) is 9.88. The number of aromatic amines is 1. The van der Waals surface area contributed by atoms with Crippen LogP contribution in [0.3, 0.4) is 0 Å². The molecule has 0 bridgehead atoms. The van der Waals surface area contributed by atoms with Crippen LogP contribution in [0.2, 0.25) is 0 Å². The molecule has 2 atom stereocenters. The van der Waals surface area contributed by atoms with Crippen LogP contribution in [0.4, 0.5) is 5.69 Å². The molecule has 1 unspecified atom stereocenters. The highest BCUT2D eigenvalue weighted by Gasteiger charge is 2.29. The lowest BCUT2D eigenvalue weighted by Gasteiger charge is -2.27. The fourth-order valence-corrected chi connectivity index (χ4v) is 2.99. The number of nitrogens with two attached hydrogens (primary N) is 1. The Kier molecular flexibility index (Phi) is 4.84. The number of hydrogen-bond donors (Lipinski definition) is 3. The Morgan fingerprint density at radius 2 is 2.05 bits per heavy atom. The van der Waals surface area contributed by atoms with Gasteiger partial charge in [0.25, 0.3) is 0 Å². The molecule has 1 heterocycles. The molecule has 0 spiro atoms. The number of H-pyrrole nitrogens is 1. The number of hydrogen-bond acceptors (Lipinski definition) is 4. The summed E-state index contributed by atoms with van der Waals surface area (Å²) in [4.78, 5) is 7.35. The Balaban J connectivity index is 2.35. The van der Waals surface area contributed by atoms with Gasteiger partial charge in [-0.05, 0) is 51.8 Å². The third-order valence-electron chi connectivity index (χ3n) is 3.42. The van der Waals surface area contributed by atoms with Crippen LogP contribution < -0.4 is 10.5 Å². The van der Waals surface area contributed by atoms with E-state index in [9.17, 15) is 4.55 Å². The van der Waals surface area contributed by atoms with Gasteiger partial charge < -0.3 is 15.3 Å². The first-order valence-electron chi connectivity index (χ1n) is 7.28. The van der Waals surface area contributed by atoms with E-state index in [2.05, 4.69) is 14.7 Å². The van der Waals surface area contributed by atoms with E-state index in [0.29, 0.717) is 5.69 Å². The van der Waals surface area contributed by atoms with Crippen molar-refractivity contribution in [3.63, 3.8) is 0 Å². The second-order valence-electron chi connectivity index (χ2n) is 6.47. The lowest BCUT2D eigenvalue weighted by atomic mass is 9.99. The zero-order valence-corrected chi connectivity index (χ0v) is 14.5. The molecule has 6 heteroatoms. The molecule has 4 N–H and O–H groups in total. The minimum Gasteiger partial charge on any atom is -0.598 e. The number of aryl methyl sites for hydroxylation is 1. The summed E-state index contributed by atoms with van der Waals surface area (Å²) in [7, 11) is 0. The number of benzene rings is 1. The van der Waals surface area contributed by atoms with Gasteiger partial charge in [0.05, 0.1) is 6.04 Å². The second-order valence-corrected chi connectivity index (χ2v) is 8.47. The first kappa shape index (κ1) is 16.9. The molecule has 0 saturated heterocycles. The normalized spacial score (nSPS) is 14.8. The van der Waals surface area contributed by atoms with Gasteiger partial charge in [0.15, 0.2) is 0 Å². The summed E-state index contributed by atoms with van der Waals surface area (Å²) in [6.45, 7) is 9.81. The van der Waals surface area contributed by atoms with E-state index in [1.165, 1.54) is 0 Å². The first-order chi connectivity index (χ1) is 10.2. The van der Waals surface area contributed by atoms with Crippen molar-refractivity contribution in [1.29, 1.82) is 0 Å². The second kappa shape index (κ2) is 6.32. The van der Waals surface area contributed by atoms with E-state index >= 15 is 0 Å². The minimum absolute atomic E-state index is 0.117. The molecular weight excluding hydrogens is 296 g/mol. The predicted octanol–water partition coefficient (Wildman–Crippen LogP) is 3.08. The van der Waals surface area contributed by atoms with Gasteiger partial charge in [0, 0.05) is 35.0 Å². The summed E-state index contributed by atoms with van der Waals surface area (Å²) in [6, 6.07) is 3.92. The van der Waals surface area contributed by atoms with Gasteiger partial charge in [-0.15, -0.1) is 4.72 Å². The Morgan fingerprint density at radius 3 is 2.59 bits per heavy atom. The van der Waals surface area contributed by atoms with Gasteiger partial charge in [0.2, 0.25) is 0 Å². The summed E-state index contributed by atoms with van der Waals surface area (Å²) in [5, 5.41) is 0. The molecule has 5 nitrogen and oxygen atoms in total. The first-order valence-corrected chi connectivity index (χ1v) is 8.43. The Hall–Kier alpha value is -1.50. The SMILES string of the molecule is Cc1cc(-c2ncc[nH]2)c(N)c([C@@H](C)N[S+]([O-])C(C)(C)C)c1. The molecule has 0 aliphatic rings. The zero-order valence-electron chi connectivity index (χ0n) is 13.7. The quantitative estimate of drug-likeness (QED) is 0.596. The van der Waals surface area contributed by atoms with Gasteiger partial charge in [-0.2, -0.15) is 0 Å². The van der Waals surface area contributed by atoms with Crippen LogP contribution in [0.5, 0.6) is 0 Å². The largest absolute Gasteiger partial charge is 0.598 e. The number of imidazole rings is 1. The number of aromatic nitrogens is 2. The molecule has 0 fully saturated rings. The van der Waals surface area contributed by atoms with Crippen molar-refractivity contribution in [2.75, 3.05) is 5.73 Å². The zero-order chi connectivity index (χ0) is 16.5. The maximum absolute atomic E-state index is 12.3. The van der Waals surface area contributed by atoms with Gasteiger partial charge in [-0.25, -0.2) is 4.98 Å². The van der Waals surface area contributed by atoms with Crippen molar-refractivity contribution < 1.29 is 4.55 Å². The third kappa shape index (κ3) is 3.63. The predicted molar refractivity (Wildman–Crippen MR) is 92.6 cm³/mol. The van der Waals surface area contributed by atoms with Gasteiger partial charge in [0.1, 0.15) is 10.6 Å². The maximum Gasteiger partial charge on any atom is 0.139 e. The molecule has 0 aliphatic carbocycles. The topological polar surface area (TPSA) is 89.8 Å². The Bertz CT molecular complexity index is 634. The van der Waals surface area contributed by atoms with Crippen molar-refractivity contribution >= 4 is 17.0 Å². The molecule has 0 radical (unpaired) electrons. The summed E-state index contributed by atoms with van der Waals surface area (Å²) < 4.78 is 15.1. The van der Waals surface area contributed by atoms with Crippen LogP contribution >= 0.6 is 0 Å². The molecular formula is C16H24N4OS. The van der Waals surface area contributed by atoms with E-state index < -0.39 is 11.4 Å². The lowest BCUT2D eigenvalue weighted by Crippen LogP contribution is -2.40. The maximum atomic E-state index is 12.3. The molecule has 1 aromatic heterocycles. The number of anilines is 1. The number of nitrogens with one attached hydrogen (secondary N) is 2. The molecule has 0 aliphatic heterocycles. The van der Waals surface area contributed by atoms with Gasteiger partial charge in [-0.1, -0.05) is 6.07 Å². The van der Waals surface area contributed by atoms with Crippen LogP contribution in [0.15, 0.2) is 24.5 Å². The van der Waals surface area contributed by atoms with E-state index in [4.69, 9.17) is 5.73 Å². The van der Waals surface area contributed by atoms with Crippen LogP contribution in [0, 0.1) is 6.92 Å². The Labute approximate surface area is 135 Å². The average Bonchev–Trinajstić information content (AvgIpc) is 2.93. The lowest BCUT2D eigenvalue weighted by molar-refractivity contribution is 0.531. The van der Waals surface area contributed by atoms with Crippen LogP contribution in [0.1, 0.15) is 44.9 Å². The highest BCUT2D eigenvalue weighted by Crippen LogP contribution is 2.32. The van der Waals surface area contributed by atoms with Crippen LogP contribution in [-0.2, 0) is 11.4 Å².